The Hall–Kier alpha value is -2.83. The molecule has 0 saturated carbocycles. The number of amides is 1. The first kappa shape index (κ1) is 22.8. The van der Waals surface area contributed by atoms with Crippen LogP contribution < -0.4 is 4.31 Å². The minimum atomic E-state index is -3.96. The van der Waals surface area contributed by atoms with Crippen molar-refractivity contribution >= 4 is 33.2 Å². The number of carbonyl (C=O) groups is 1. The summed E-state index contributed by atoms with van der Waals surface area (Å²) in [4.78, 5) is 14.7. The molecule has 0 aliphatic heterocycles. The van der Waals surface area contributed by atoms with E-state index in [4.69, 9.17) is 11.6 Å². The van der Waals surface area contributed by atoms with Gasteiger partial charge in [-0.25, -0.2) is 8.42 Å². The number of rotatable bonds is 7. The van der Waals surface area contributed by atoms with Crippen molar-refractivity contribution in [3.05, 3.63) is 94.5 Å². The predicted molar refractivity (Wildman–Crippen MR) is 125 cm³/mol. The molecule has 0 heterocycles. The summed E-state index contributed by atoms with van der Waals surface area (Å²) in [6.45, 7) is 3.73. The molecule has 162 valence electrons. The highest BCUT2D eigenvalue weighted by atomic mass is 35.5. The summed E-state index contributed by atoms with van der Waals surface area (Å²) >= 11 is 6.07. The van der Waals surface area contributed by atoms with Gasteiger partial charge in [0.15, 0.2) is 0 Å². The molecule has 0 fully saturated rings. The number of benzene rings is 3. The molecule has 0 aromatic heterocycles. The first-order valence-electron chi connectivity index (χ1n) is 9.82. The lowest BCUT2D eigenvalue weighted by Gasteiger charge is -2.28. The van der Waals surface area contributed by atoms with Gasteiger partial charge < -0.3 is 4.90 Å². The van der Waals surface area contributed by atoms with Crippen LogP contribution in [0.5, 0.6) is 0 Å². The molecule has 3 rings (SSSR count). The second kappa shape index (κ2) is 9.54. The molecule has 31 heavy (non-hydrogen) atoms. The third kappa shape index (κ3) is 5.46. The Bertz CT molecular complexity index is 1160. The highest BCUT2D eigenvalue weighted by Gasteiger charge is 2.29. The van der Waals surface area contributed by atoms with Crippen LogP contribution in [0.2, 0.25) is 5.02 Å². The molecular weight excluding hydrogens is 432 g/mol. The maximum atomic E-state index is 13.5. The number of carbonyl (C=O) groups excluding carboxylic acids is 1. The fraction of sp³-hybridized carbons (Fsp3) is 0.208. The van der Waals surface area contributed by atoms with Gasteiger partial charge in [0.2, 0.25) is 5.91 Å². The van der Waals surface area contributed by atoms with Gasteiger partial charge in [-0.1, -0.05) is 59.6 Å². The standard InChI is InChI=1S/C24H25ClN2O3S/c1-18-9-12-22(13-10-18)31(29,30)27(23-14-11-21(25)15-19(23)2)17-24(28)26(3)16-20-7-5-4-6-8-20/h4-15H,16-17H2,1-3H3. The van der Waals surface area contributed by atoms with Gasteiger partial charge in [0.1, 0.15) is 6.54 Å². The largest absolute Gasteiger partial charge is 0.340 e. The molecule has 7 heteroatoms. The Balaban J connectivity index is 1.96. The Morgan fingerprint density at radius 1 is 0.935 bits per heavy atom. The van der Waals surface area contributed by atoms with E-state index in [1.54, 1.807) is 56.4 Å². The number of sulfonamides is 1. The lowest BCUT2D eigenvalue weighted by atomic mass is 10.2. The smallest absolute Gasteiger partial charge is 0.264 e. The SMILES string of the molecule is Cc1ccc(S(=O)(=O)N(CC(=O)N(C)Cc2ccccc2)c2ccc(Cl)cc2C)cc1. The van der Waals surface area contributed by atoms with Gasteiger partial charge in [-0.3, -0.25) is 9.10 Å². The number of nitrogens with zero attached hydrogens (tertiary/aromatic N) is 2. The van der Waals surface area contributed by atoms with Crippen molar-refractivity contribution in [2.45, 2.75) is 25.3 Å². The van der Waals surface area contributed by atoms with Crippen LogP contribution in [-0.4, -0.2) is 32.8 Å². The van der Waals surface area contributed by atoms with Crippen LogP contribution in [0, 0.1) is 13.8 Å². The zero-order valence-corrected chi connectivity index (χ0v) is 19.3. The van der Waals surface area contributed by atoms with Crippen LogP contribution in [0.25, 0.3) is 0 Å². The van der Waals surface area contributed by atoms with E-state index < -0.39 is 10.0 Å². The van der Waals surface area contributed by atoms with Crippen molar-refractivity contribution in [2.75, 3.05) is 17.9 Å². The van der Waals surface area contributed by atoms with Crippen molar-refractivity contribution < 1.29 is 13.2 Å². The van der Waals surface area contributed by atoms with Crippen LogP contribution >= 0.6 is 11.6 Å². The molecule has 0 N–H and O–H groups in total. The fourth-order valence-corrected chi connectivity index (χ4v) is 4.93. The van der Waals surface area contributed by atoms with Crippen molar-refractivity contribution in [1.82, 2.24) is 4.90 Å². The highest BCUT2D eigenvalue weighted by Crippen LogP contribution is 2.29. The quantitative estimate of drug-likeness (QED) is 0.512. The zero-order valence-electron chi connectivity index (χ0n) is 17.7. The van der Waals surface area contributed by atoms with E-state index in [9.17, 15) is 13.2 Å². The van der Waals surface area contributed by atoms with Crippen molar-refractivity contribution in [2.24, 2.45) is 0 Å². The van der Waals surface area contributed by atoms with Crippen molar-refractivity contribution in [3.8, 4) is 0 Å². The molecule has 3 aromatic rings. The first-order valence-corrected chi connectivity index (χ1v) is 11.6. The van der Waals surface area contributed by atoms with E-state index in [1.165, 1.54) is 4.90 Å². The Kier molecular flexibility index (Phi) is 7.03. The zero-order chi connectivity index (χ0) is 22.6. The Labute approximate surface area is 188 Å². The molecule has 0 atom stereocenters. The normalized spacial score (nSPS) is 11.2. The predicted octanol–water partition coefficient (Wildman–Crippen LogP) is 4.81. The topological polar surface area (TPSA) is 57.7 Å². The summed E-state index contributed by atoms with van der Waals surface area (Å²) in [6.07, 6.45) is 0. The van der Waals surface area contributed by atoms with Crippen LogP contribution in [-0.2, 0) is 21.4 Å². The van der Waals surface area contributed by atoms with Crippen molar-refractivity contribution in [1.29, 1.82) is 0 Å². The summed E-state index contributed by atoms with van der Waals surface area (Å²) < 4.78 is 28.2. The molecule has 0 saturated heterocycles. The molecule has 5 nitrogen and oxygen atoms in total. The number of anilines is 1. The molecule has 0 spiro atoms. The van der Waals surface area contributed by atoms with Gasteiger partial charge in [-0.15, -0.1) is 0 Å². The van der Waals surface area contributed by atoms with Gasteiger partial charge in [0.05, 0.1) is 10.6 Å². The lowest BCUT2D eigenvalue weighted by molar-refractivity contribution is -0.128. The van der Waals surface area contributed by atoms with E-state index in [0.29, 0.717) is 22.8 Å². The van der Waals surface area contributed by atoms with Crippen LogP contribution in [0.4, 0.5) is 5.69 Å². The van der Waals surface area contributed by atoms with Gasteiger partial charge >= 0.3 is 0 Å². The molecule has 0 aliphatic rings. The number of hydrogen-bond donors (Lipinski definition) is 0. The average Bonchev–Trinajstić information content (AvgIpc) is 2.73. The maximum Gasteiger partial charge on any atom is 0.264 e. The minimum absolute atomic E-state index is 0.131. The first-order chi connectivity index (χ1) is 14.7. The second-order valence-corrected chi connectivity index (χ2v) is 9.79. The molecular formula is C24H25ClN2O3S. The molecule has 0 unspecified atom stereocenters. The highest BCUT2D eigenvalue weighted by molar-refractivity contribution is 7.92. The Morgan fingerprint density at radius 2 is 1.58 bits per heavy atom. The van der Waals surface area contributed by atoms with Crippen molar-refractivity contribution in [3.63, 3.8) is 0 Å². The van der Waals surface area contributed by atoms with E-state index in [1.807, 2.05) is 37.3 Å². The number of aryl methyl sites for hydroxylation is 2. The van der Waals surface area contributed by atoms with E-state index in [0.717, 1.165) is 15.4 Å². The molecule has 1 amide bonds. The lowest BCUT2D eigenvalue weighted by Crippen LogP contribution is -2.41. The summed E-state index contributed by atoms with van der Waals surface area (Å²) in [6, 6.07) is 21.1. The molecule has 0 aliphatic carbocycles. The fourth-order valence-electron chi connectivity index (χ4n) is 3.22. The maximum absolute atomic E-state index is 13.5. The minimum Gasteiger partial charge on any atom is -0.340 e. The molecule has 0 bridgehead atoms. The van der Waals surface area contributed by atoms with Crippen LogP contribution in [0.15, 0.2) is 77.7 Å². The summed E-state index contributed by atoms with van der Waals surface area (Å²) in [5, 5.41) is 0.501. The van der Waals surface area contributed by atoms with E-state index in [2.05, 4.69) is 0 Å². The summed E-state index contributed by atoms with van der Waals surface area (Å²) in [5.41, 5.74) is 3.01. The molecule has 0 radical (unpaired) electrons. The van der Waals surface area contributed by atoms with E-state index >= 15 is 0 Å². The second-order valence-electron chi connectivity index (χ2n) is 7.49. The number of likely N-dealkylation sites (N-methyl/N-ethyl adjacent to an activating group) is 1. The van der Waals surface area contributed by atoms with Crippen LogP contribution in [0.1, 0.15) is 16.7 Å². The average molecular weight is 457 g/mol. The third-order valence-corrected chi connectivity index (χ3v) is 7.01. The monoisotopic (exact) mass is 456 g/mol. The van der Waals surface area contributed by atoms with Gasteiger partial charge in [-0.05, 0) is 55.3 Å². The molecule has 3 aromatic carbocycles. The number of halogens is 1. The van der Waals surface area contributed by atoms with Gasteiger partial charge in [-0.2, -0.15) is 0 Å². The van der Waals surface area contributed by atoms with Gasteiger partial charge in [0, 0.05) is 18.6 Å². The summed E-state index contributed by atoms with van der Waals surface area (Å²) in [7, 11) is -2.30. The van der Waals surface area contributed by atoms with E-state index in [-0.39, 0.29) is 17.3 Å². The summed E-state index contributed by atoms with van der Waals surface area (Å²) in [5.74, 6) is -0.311. The van der Waals surface area contributed by atoms with Crippen LogP contribution in [0.3, 0.4) is 0 Å². The third-order valence-electron chi connectivity index (χ3n) is 5.00. The Morgan fingerprint density at radius 3 is 2.19 bits per heavy atom. The number of hydrogen-bond acceptors (Lipinski definition) is 3. The van der Waals surface area contributed by atoms with Gasteiger partial charge in [0.25, 0.3) is 10.0 Å².